The number of piperidine rings is 1. The molecule has 1 aromatic heterocycles. The van der Waals surface area contributed by atoms with Gasteiger partial charge >= 0.3 is 0 Å². The summed E-state index contributed by atoms with van der Waals surface area (Å²) in [5.74, 6) is 0.176. The van der Waals surface area contributed by atoms with Crippen molar-refractivity contribution in [3.8, 4) is 0 Å². The number of amides is 1. The van der Waals surface area contributed by atoms with E-state index < -0.39 is 21.0 Å². The molecule has 0 aliphatic carbocycles. The zero-order valence-electron chi connectivity index (χ0n) is 19.5. The summed E-state index contributed by atoms with van der Waals surface area (Å²) in [7, 11) is -2.06. The van der Waals surface area contributed by atoms with Gasteiger partial charge in [0, 0.05) is 50.6 Å². The molecular weight excluding hydrogens is 470 g/mol. The van der Waals surface area contributed by atoms with Crippen LogP contribution in [0.2, 0.25) is 0 Å². The van der Waals surface area contributed by atoms with Gasteiger partial charge in [0.1, 0.15) is 11.9 Å². The van der Waals surface area contributed by atoms with Crippen molar-refractivity contribution in [1.29, 1.82) is 0 Å². The largest absolute Gasteiger partial charge is 0.342 e. The molecule has 2 aromatic carbocycles. The first-order valence-electron chi connectivity index (χ1n) is 11.3. The Balaban J connectivity index is 1.47. The van der Waals surface area contributed by atoms with E-state index in [-0.39, 0.29) is 35.5 Å². The quantitative estimate of drug-likeness (QED) is 0.395. The molecule has 1 N–H and O–H groups in total. The van der Waals surface area contributed by atoms with Crippen molar-refractivity contribution in [3.05, 3.63) is 88.0 Å². The molecule has 2 heterocycles. The van der Waals surface area contributed by atoms with Gasteiger partial charge in [-0.15, -0.1) is 0 Å². The summed E-state index contributed by atoms with van der Waals surface area (Å²) >= 11 is 0. The number of nitrogens with zero attached hydrogens (tertiary/aromatic N) is 4. The number of benzene rings is 2. The summed E-state index contributed by atoms with van der Waals surface area (Å²) in [4.78, 5) is 28.0. The van der Waals surface area contributed by atoms with Crippen LogP contribution in [0, 0.1) is 23.0 Å². The minimum atomic E-state index is -3.92. The van der Waals surface area contributed by atoms with Gasteiger partial charge in [0.2, 0.25) is 15.9 Å². The van der Waals surface area contributed by atoms with E-state index in [0.717, 1.165) is 11.6 Å². The van der Waals surface area contributed by atoms with Crippen LogP contribution in [0.25, 0.3) is 0 Å². The fourth-order valence-electron chi connectivity index (χ4n) is 4.34. The molecule has 10 nitrogen and oxygen atoms in total. The van der Waals surface area contributed by atoms with E-state index in [1.807, 2.05) is 48.1 Å². The molecule has 4 rings (SSSR count). The monoisotopic (exact) mass is 497 g/mol. The Morgan fingerprint density at radius 1 is 1.17 bits per heavy atom. The topological polar surface area (TPSA) is 127 Å². The number of imidazole rings is 1. The van der Waals surface area contributed by atoms with Gasteiger partial charge in [-0.1, -0.05) is 36.4 Å². The van der Waals surface area contributed by atoms with E-state index >= 15 is 0 Å². The number of carbonyl (C=O) groups is 1. The van der Waals surface area contributed by atoms with E-state index in [0.29, 0.717) is 24.2 Å². The van der Waals surface area contributed by atoms with Crippen LogP contribution < -0.4 is 5.32 Å². The molecule has 184 valence electrons. The van der Waals surface area contributed by atoms with Gasteiger partial charge in [-0.05, 0) is 30.9 Å². The molecule has 0 radical (unpaired) electrons. The highest BCUT2D eigenvalue weighted by molar-refractivity contribution is 7.89. The maximum Gasteiger partial charge on any atom is 0.270 e. The minimum absolute atomic E-state index is 0.0754. The van der Waals surface area contributed by atoms with Crippen LogP contribution >= 0.6 is 0 Å². The predicted molar refractivity (Wildman–Crippen MR) is 129 cm³/mol. The average Bonchev–Trinajstić information content (AvgIpc) is 3.28. The van der Waals surface area contributed by atoms with Crippen LogP contribution in [0.4, 0.5) is 5.69 Å². The molecule has 1 saturated heterocycles. The Labute approximate surface area is 203 Å². The van der Waals surface area contributed by atoms with E-state index in [9.17, 15) is 23.3 Å². The van der Waals surface area contributed by atoms with Crippen molar-refractivity contribution in [1.82, 2.24) is 19.2 Å². The molecule has 1 aliphatic rings. The molecule has 1 fully saturated rings. The fourth-order valence-corrected chi connectivity index (χ4v) is 6.05. The van der Waals surface area contributed by atoms with Gasteiger partial charge in [-0.3, -0.25) is 14.9 Å². The lowest BCUT2D eigenvalue weighted by Crippen LogP contribution is -2.44. The van der Waals surface area contributed by atoms with E-state index in [4.69, 9.17) is 0 Å². The smallest absolute Gasteiger partial charge is 0.270 e. The lowest BCUT2D eigenvalue weighted by Gasteiger charge is -2.31. The third-order valence-electron chi connectivity index (χ3n) is 6.36. The summed E-state index contributed by atoms with van der Waals surface area (Å²) < 4.78 is 29.6. The second-order valence-electron chi connectivity index (χ2n) is 8.63. The average molecular weight is 498 g/mol. The van der Waals surface area contributed by atoms with Crippen molar-refractivity contribution in [2.45, 2.75) is 30.7 Å². The number of hydrogen-bond acceptors (Lipinski definition) is 6. The Morgan fingerprint density at radius 2 is 1.86 bits per heavy atom. The van der Waals surface area contributed by atoms with E-state index in [1.165, 1.54) is 16.4 Å². The molecule has 3 aromatic rings. The number of nitrogens with one attached hydrogen (secondary N) is 1. The van der Waals surface area contributed by atoms with Crippen molar-refractivity contribution in [3.63, 3.8) is 0 Å². The number of aryl methyl sites for hydroxylation is 2. The molecule has 35 heavy (non-hydrogen) atoms. The Bertz CT molecular complexity index is 1330. The third kappa shape index (κ3) is 5.10. The van der Waals surface area contributed by atoms with Gasteiger partial charge in [-0.25, -0.2) is 13.4 Å². The highest BCUT2D eigenvalue weighted by Gasteiger charge is 2.34. The Kier molecular flexibility index (Phi) is 6.99. The number of rotatable bonds is 7. The summed E-state index contributed by atoms with van der Waals surface area (Å²) in [6, 6.07) is 12.9. The lowest BCUT2D eigenvalue weighted by molar-refractivity contribution is -0.385. The molecule has 1 atom stereocenters. The predicted octanol–water partition coefficient (Wildman–Crippen LogP) is 2.94. The number of aromatic nitrogens is 2. The highest BCUT2D eigenvalue weighted by Crippen LogP contribution is 2.29. The molecular formula is C24H27N5O5S. The van der Waals surface area contributed by atoms with Crippen LogP contribution in [-0.4, -0.2) is 46.2 Å². The van der Waals surface area contributed by atoms with Crippen LogP contribution in [0.5, 0.6) is 0 Å². The molecule has 1 amide bonds. The molecule has 11 heteroatoms. The van der Waals surface area contributed by atoms with Gasteiger partial charge in [-0.2, -0.15) is 4.31 Å². The van der Waals surface area contributed by atoms with Crippen LogP contribution in [0.3, 0.4) is 0 Å². The zero-order valence-corrected chi connectivity index (χ0v) is 20.3. The molecule has 0 saturated carbocycles. The van der Waals surface area contributed by atoms with Gasteiger partial charge < -0.3 is 9.88 Å². The SMILES string of the molecule is Cc1ccc([N+](=O)[O-])cc1S(=O)(=O)N1CCC(C(=O)NC(c2ccccc2)c2nccn2C)CC1. The number of sulfonamides is 1. The molecule has 1 unspecified atom stereocenters. The molecule has 0 bridgehead atoms. The van der Waals surface area contributed by atoms with E-state index in [1.54, 1.807) is 13.1 Å². The fraction of sp³-hybridized carbons (Fsp3) is 0.333. The van der Waals surface area contributed by atoms with Crippen molar-refractivity contribution in [2.75, 3.05) is 13.1 Å². The Morgan fingerprint density at radius 3 is 2.46 bits per heavy atom. The number of nitro groups is 1. The second-order valence-corrected chi connectivity index (χ2v) is 10.5. The van der Waals surface area contributed by atoms with Crippen LogP contribution in [0.1, 0.15) is 35.8 Å². The zero-order chi connectivity index (χ0) is 25.2. The molecule has 0 spiro atoms. The number of hydrogen-bond donors (Lipinski definition) is 1. The number of carbonyl (C=O) groups excluding carboxylic acids is 1. The van der Waals surface area contributed by atoms with Gasteiger partial charge in [0.05, 0.1) is 9.82 Å². The maximum absolute atomic E-state index is 13.2. The summed E-state index contributed by atoms with van der Waals surface area (Å²) in [5.41, 5.74) is 1.07. The van der Waals surface area contributed by atoms with Crippen molar-refractivity contribution in [2.24, 2.45) is 13.0 Å². The Hall–Kier alpha value is -3.57. The van der Waals surface area contributed by atoms with Crippen molar-refractivity contribution < 1.29 is 18.1 Å². The van der Waals surface area contributed by atoms with Crippen LogP contribution in [-0.2, 0) is 21.9 Å². The van der Waals surface area contributed by atoms with Gasteiger partial charge in [0.25, 0.3) is 5.69 Å². The van der Waals surface area contributed by atoms with Gasteiger partial charge in [0.15, 0.2) is 0 Å². The summed E-state index contributed by atoms with van der Waals surface area (Å²) in [6.07, 6.45) is 4.19. The first kappa shape index (κ1) is 24.6. The number of nitro benzene ring substituents is 1. The van der Waals surface area contributed by atoms with E-state index in [2.05, 4.69) is 10.3 Å². The second kappa shape index (κ2) is 9.96. The third-order valence-corrected chi connectivity index (χ3v) is 8.40. The first-order valence-corrected chi connectivity index (χ1v) is 12.7. The summed E-state index contributed by atoms with van der Waals surface area (Å²) in [5, 5.41) is 14.2. The molecule has 1 aliphatic heterocycles. The summed E-state index contributed by atoms with van der Waals surface area (Å²) in [6.45, 7) is 1.92. The first-order chi connectivity index (χ1) is 16.7. The normalized spacial score (nSPS) is 16.1. The maximum atomic E-state index is 13.2. The standard InChI is InChI=1S/C24H27N5O5S/c1-17-8-9-20(29(31)32)16-21(17)35(33,34)28-13-10-19(11-14-28)24(30)26-22(18-6-4-3-5-7-18)23-25-12-15-27(23)2/h3-9,12,15-16,19,22H,10-11,13-14H2,1-2H3,(H,26,30). The van der Waals surface area contributed by atoms with Crippen LogP contribution in [0.15, 0.2) is 65.8 Å². The minimum Gasteiger partial charge on any atom is -0.342 e. The number of non-ortho nitro benzene ring substituents is 1. The van der Waals surface area contributed by atoms with Crippen molar-refractivity contribution >= 4 is 21.6 Å². The highest BCUT2D eigenvalue weighted by atomic mass is 32.2. The lowest BCUT2D eigenvalue weighted by atomic mass is 9.96.